The molecule has 3 aromatic carbocycles. The zero-order valence-electron chi connectivity index (χ0n) is 19.5. The molecule has 1 heterocycles. The molecule has 0 unspecified atom stereocenters. The van der Waals surface area contributed by atoms with Crippen LogP contribution >= 0.6 is 11.8 Å². The van der Waals surface area contributed by atoms with E-state index in [1.54, 1.807) is 32.5 Å². The Labute approximate surface area is 208 Å². The Morgan fingerprint density at radius 3 is 2.49 bits per heavy atom. The van der Waals surface area contributed by atoms with E-state index in [2.05, 4.69) is 21.9 Å². The topological polar surface area (TPSA) is 117 Å². The summed E-state index contributed by atoms with van der Waals surface area (Å²) in [5.74, 6) is 0. The summed E-state index contributed by atoms with van der Waals surface area (Å²) >= 11 is 1.68. The lowest BCUT2D eigenvalue weighted by atomic mass is 10.1. The highest BCUT2D eigenvalue weighted by atomic mass is 32.2. The van der Waals surface area contributed by atoms with E-state index in [1.807, 2.05) is 36.4 Å². The lowest BCUT2D eigenvalue weighted by molar-refractivity contribution is -0.384. The van der Waals surface area contributed by atoms with E-state index in [4.69, 9.17) is 0 Å². The van der Waals surface area contributed by atoms with E-state index in [0.717, 1.165) is 32.8 Å². The average Bonchev–Trinajstić information content (AvgIpc) is 2.86. The first-order valence-corrected chi connectivity index (χ1v) is 13.3. The Hall–Kier alpha value is -3.41. The van der Waals surface area contributed by atoms with E-state index in [-0.39, 0.29) is 29.4 Å². The number of nitro benzene ring substituents is 1. The maximum atomic E-state index is 12.8. The third-order valence-corrected chi connectivity index (χ3v) is 8.82. The number of sulfonamides is 1. The zero-order valence-corrected chi connectivity index (χ0v) is 21.1. The third kappa shape index (κ3) is 5.02. The summed E-state index contributed by atoms with van der Waals surface area (Å²) in [6, 6.07) is 17.8. The van der Waals surface area contributed by atoms with Gasteiger partial charge < -0.3 is 5.32 Å². The van der Waals surface area contributed by atoms with Crippen LogP contribution in [0.3, 0.4) is 0 Å². The summed E-state index contributed by atoms with van der Waals surface area (Å²) in [7, 11) is -3.82. The minimum atomic E-state index is -3.82. The first kappa shape index (κ1) is 24.7. The predicted molar refractivity (Wildman–Crippen MR) is 139 cm³/mol. The molecule has 0 saturated heterocycles. The molecule has 182 valence electrons. The van der Waals surface area contributed by atoms with E-state index < -0.39 is 14.9 Å². The lowest BCUT2D eigenvalue weighted by Crippen LogP contribution is -2.30. The number of hydrogen-bond acceptors (Lipinski definition) is 8. The van der Waals surface area contributed by atoms with Crippen LogP contribution in [0.25, 0.3) is 0 Å². The molecule has 0 aromatic heterocycles. The van der Waals surface area contributed by atoms with Crippen LogP contribution in [0.4, 0.5) is 22.7 Å². The number of benzene rings is 3. The van der Waals surface area contributed by atoms with Crippen molar-refractivity contribution >= 4 is 50.2 Å². The highest BCUT2D eigenvalue weighted by Gasteiger charge is 2.25. The molecule has 3 aromatic rings. The summed E-state index contributed by atoms with van der Waals surface area (Å²) in [6.07, 6.45) is 0. The van der Waals surface area contributed by atoms with Gasteiger partial charge in [-0.2, -0.15) is 9.41 Å². The van der Waals surface area contributed by atoms with Gasteiger partial charge in [0.15, 0.2) is 0 Å². The lowest BCUT2D eigenvalue weighted by Gasteiger charge is -2.21. The van der Waals surface area contributed by atoms with Crippen molar-refractivity contribution in [3.8, 4) is 0 Å². The number of fused-ring (bicyclic) bond motifs is 2. The summed E-state index contributed by atoms with van der Waals surface area (Å²) in [6.45, 7) is 5.78. The van der Waals surface area contributed by atoms with Crippen molar-refractivity contribution in [2.45, 2.75) is 35.5 Å². The van der Waals surface area contributed by atoms with Crippen LogP contribution in [0.15, 0.2) is 80.5 Å². The molecule has 0 bridgehead atoms. The highest BCUT2D eigenvalue weighted by molar-refractivity contribution is 7.99. The van der Waals surface area contributed by atoms with Crippen molar-refractivity contribution < 1.29 is 13.3 Å². The van der Waals surface area contributed by atoms with E-state index in [0.29, 0.717) is 5.71 Å². The van der Waals surface area contributed by atoms with Crippen molar-refractivity contribution in [3.63, 3.8) is 0 Å². The van der Waals surface area contributed by atoms with Crippen molar-refractivity contribution in [3.05, 3.63) is 76.3 Å². The van der Waals surface area contributed by atoms with Crippen LogP contribution in [0.2, 0.25) is 0 Å². The van der Waals surface area contributed by atoms with Crippen LogP contribution < -0.4 is 10.7 Å². The molecule has 4 rings (SSSR count). The Balaban J connectivity index is 1.59. The van der Waals surface area contributed by atoms with Crippen molar-refractivity contribution in [2.75, 3.05) is 23.8 Å². The van der Waals surface area contributed by atoms with Gasteiger partial charge in [0, 0.05) is 28.9 Å². The fourth-order valence-electron chi connectivity index (χ4n) is 3.70. The Morgan fingerprint density at radius 2 is 1.77 bits per heavy atom. The molecule has 1 aliphatic rings. The Morgan fingerprint density at radius 1 is 1.06 bits per heavy atom. The number of nitro groups is 1. The van der Waals surface area contributed by atoms with Gasteiger partial charge >= 0.3 is 0 Å². The van der Waals surface area contributed by atoms with Gasteiger partial charge in [-0.05, 0) is 48.9 Å². The van der Waals surface area contributed by atoms with Crippen LogP contribution in [0.5, 0.6) is 0 Å². The van der Waals surface area contributed by atoms with Gasteiger partial charge in [0.05, 0.1) is 26.9 Å². The van der Waals surface area contributed by atoms with Gasteiger partial charge in [-0.1, -0.05) is 43.8 Å². The highest BCUT2D eigenvalue weighted by Crippen LogP contribution is 2.44. The number of rotatable bonds is 8. The molecular weight excluding hydrogens is 486 g/mol. The van der Waals surface area contributed by atoms with E-state index in [1.165, 1.54) is 16.4 Å². The summed E-state index contributed by atoms with van der Waals surface area (Å²) < 4.78 is 26.8. The summed E-state index contributed by atoms with van der Waals surface area (Å²) in [4.78, 5) is 13.2. The molecule has 2 N–H and O–H groups in total. The maximum Gasteiger partial charge on any atom is 0.295 e. The number of anilines is 3. The second-order valence-electron chi connectivity index (χ2n) is 7.77. The molecule has 0 radical (unpaired) electrons. The van der Waals surface area contributed by atoms with Crippen molar-refractivity contribution in [1.82, 2.24) is 4.31 Å². The number of nitrogens with one attached hydrogen (secondary N) is 2. The predicted octanol–water partition coefficient (Wildman–Crippen LogP) is 5.67. The fourth-order valence-corrected chi connectivity index (χ4v) is 6.15. The van der Waals surface area contributed by atoms with Crippen LogP contribution in [0.1, 0.15) is 26.3 Å². The zero-order chi connectivity index (χ0) is 25.2. The normalized spacial score (nSPS) is 13.1. The molecule has 35 heavy (non-hydrogen) atoms. The quantitative estimate of drug-likeness (QED) is 0.178. The van der Waals surface area contributed by atoms with Gasteiger partial charge in [0.1, 0.15) is 5.69 Å². The minimum Gasteiger partial charge on any atom is -0.354 e. The summed E-state index contributed by atoms with van der Waals surface area (Å²) in [5.41, 5.74) is 5.92. The van der Waals surface area contributed by atoms with Crippen LogP contribution in [0, 0.1) is 10.1 Å². The number of para-hydroxylation sites is 1. The van der Waals surface area contributed by atoms with E-state index >= 15 is 0 Å². The number of nitrogens with zero attached hydrogens (tertiary/aromatic N) is 3. The van der Waals surface area contributed by atoms with Crippen molar-refractivity contribution in [1.29, 1.82) is 0 Å². The van der Waals surface area contributed by atoms with Gasteiger partial charge in [-0.25, -0.2) is 8.42 Å². The molecule has 0 atom stereocenters. The molecule has 0 spiro atoms. The van der Waals surface area contributed by atoms with Crippen molar-refractivity contribution in [2.24, 2.45) is 5.10 Å². The van der Waals surface area contributed by atoms with Crippen LogP contribution in [-0.2, 0) is 10.0 Å². The maximum absolute atomic E-state index is 12.8. The Kier molecular flexibility index (Phi) is 7.10. The minimum absolute atomic E-state index is 0.105. The molecule has 1 aliphatic heterocycles. The molecule has 0 fully saturated rings. The molecule has 9 nitrogen and oxygen atoms in total. The molecule has 0 amide bonds. The van der Waals surface area contributed by atoms with Gasteiger partial charge in [-0.15, -0.1) is 0 Å². The average molecular weight is 512 g/mol. The van der Waals surface area contributed by atoms with Gasteiger partial charge in [0.2, 0.25) is 10.0 Å². The molecule has 0 saturated carbocycles. The van der Waals surface area contributed by atoms with E-state index in [9.17, 15) is 18.5 Å². The number of hydrogen-bond donors (Lipinski definition) is 2. The van der Waals surface area contributed by atoms with Gasteiger partial charge in [0.25, 0.3) is 5.69 Å². The van der Waals surface area contributed by atoms with Crippen LogP contribution in [-0.4, -0.2) is 36.4 Å². The monoisotopic (exact) mass is 511 g/mol. The molecule has 11 heteroatoms. The second-order valence-corrected chi connectivity index (χ2v) is 10.8. The number of hydrazone groups is 1. The second kappa shape index (κ2) is 10.1. The smallest absolute Gasteiger partial charge is 0.295 e. The first-order chi connectivity index (χ1) is 16.7. The fraction of sp³-hybridized carbons (Fsp3) is 0.208. The Bertz CT molecular complexity index is 1420. The SMILES string of the molecule is CCN(CC)S(=O)(=O)c1ccc(N/N=C(\C)c2ccc3c(c2)Nc2ccccc2S3)c([N+](=O)[O-])c1. The molecule has 0 aliphatic carbocycles. The summed E-state index contributed by atoms with van der Waals surface area (Å²) in [5, 5.41) is 19.4. The molecular formula is C24H25N5O4S2. The first-order valence-electron chi connectivity index (χ1n) is 11.0. The van der Waals surface area contributed by atoms with Gasteiger partial charge in [-0.3, -0.25) is 15.5 Å². The standard InChI is InChI=1S/C24H25N5O4S2/c1-4-28(5-2)35(32,33)18-11-12-19(22(15-18)29(30)31)27-26-16(3)17-10-13-24-21(14-17)25-20-8-6-7-9-23(20)34-24/h6-15,25,27H,4-5H2,1-3H3/b26-16+. The largest absolute Gasteiger partial charge is 0.354 e. The third-order valence-electron chi connectivity index (χ3n) is 5.63.